The smallest absolute Gasteiger partial charge is 0.434 e. The number of methoxy groups -OCH3 is 1. The van der Waals surface area contributed by atoms with Crippen molar-refractivity contribution in [2.75, 3.05) is 12.4 Å². The normalized spacial score (nSPS) is 13.7. The van der Waals surface area contributed by atoms with Crippen LogP contribution in [0.25, 0.3) is 28.3 Å². The Balaban J connectivity index is 1.28. The van der Waals surface area contributed by atoms with Gasteiger partial charge in [0, 0.05) is 37.5 Å². The standard InChI is InChI=1S/C26H23F3N8O/c1-36-13-19(26(27,28)29)33-24(36)17-7-5-15(6-8-17)12-30-22-18-4-3-11-37(18)35-23(34-22)20-21(16-9-10-16)31-14-32-25(20)38-2/h3-8,11,13-14,16H,9-10,12H2,1-2H3,(H,30,34,35). The Labute approximate surface area is 215 Å². The van der Waals surface area contributed by atoms with Crippen molar-refractivity contribution in [3.8, 4) is 28.7 Å². The van der Waals surface area contributed by atoms with Crippen molar-refractivity contribution in [3.05, 3.63) is 72.1 Å². The van der Waals surface area contributed by atoms with E-state index in [4.69, 9.17) is 9.72 Å². The number of nitrogens with zero attached hydrogens (tertiary/aromatic N) is 7. The average Bonchev–Trinajstić information content (AvgIpc) is 3.51. The van der Waals surface area contributed by atoms with Gasteiger partial charge in [0.05, 0.1) is 12.8 Å². The van der Waals surface area contributed by atoms with Crippen molar-refractivity contribution in [2.24, 2.45) is 7.05 Å². The van der Waals surface area contributed by atoms with E-state index in [1.165, 1.54) is 10.9 Å². The summed E-state index contributed by atoms with van der Waals surface area (Å²) in [5, 5.41) is 8.06. The van der Waals surface area contributed by atoms with Crippen molar-refractivity contribution < 1.29 is 17.9 Å². The second-order valence-electron chi connectivity index (χ2n) is 9.15. The number of hydrogen-bond donors (Lipinski definition) is 1. The van der Waals surface area contributed by atoms with Crippen LogP contribution >= 0.6 is 0 Å². The predicted molar refractivity (Wildman–Crippen MR) is 134 cm³/mol. The minimum atomic E-state index is -4.49. The highest BCUT2D eigenvalue weighted by Gasteiger charge is 2.34. The summed E-state index contributed by atoms with van der Waals surface area (Å²) in [5.74, 6) is 2.10. The number of aryl methyl sites for hydroxylation is 1. The Hall–Kier alpha value is -4.48. The van der Waals surface area contributed by atoms with E-state index in [1.54, 1.807) is 30.8 Å². The lowest BCUT2D eigenvalue weighted by molar-refractivity contribution is -0.140. The number of nitrogens with one attached hydrogen (secondary N) is 1. The number of aromatic nitrogens is 7. The summed E-state index contributed by atoms with van der Waals surface area (Å²) in [7, 11) is 3.11. The van der Waals surface area contributed by atoms with Crippen molar-refractivity contribution in [1.82, 2.24) is 34.1 Å². The molecular formula is C26H23F3N8O. The average molecular weight is 521 g/mol. The molecule has 0 atom stereocenters. The van der Waals surface area contributed by atoms with Crippen LogP contribution in [-0.2, 0) is 19.8 Å². The molecule has 1 aliphatic rings. The zero-order valence-electron chi connectivity index (χ0n) is 20.6. The molecule has 1 aliphatic carbocycles. The van der Waals surface area contributed by atoms with Gasteiger partial charge in [-0.25, -0.2) is 24.5 Å². The molecular weight excluding hydrogens is 497 g/mol. The number of ether oxygens (including phenoxy) is 1. The molecule has 0 bridgehead atoms. The van der Waals surface area contributed by atoms with E-state index < -0.39 is 11.9 Å². The third kappa shape index (κ3) is 4.42. The second kappa shape index (κ2) is 9.12. The van der Waals surface area contributed by atoms with Gasteiger partial charge in [0.2, 0.25) is 5.88 Å². The number of hydrogen-bond acceptors (Lipinski definition) is 7. The molecule has 0 radical (unpaired) electrons. The Morgan fingerprint density at radius 1 is 1.08 bits per heavy atom. The molecule has 5 aromatic rings. The summed E-state index contributed by atoms with van der Waals surface area (Å²) in [5.41, 5.74) is 2.96. The van der Waals surface area contributed by atoms with Gasteiger partial charge in [0.15, 0.2) is 17.3 Å². The van der Waals surface area contributed by atoms with Gasteiger partial charge in [-0.05, 0) is 30.5 Å². The molecule has 1 fully saturated rings. The summed E-state index contributed by atoms with van der Waals surface area (Å²) < 4.78 is 47.8. The zero-order valence-corrected chi connectivity index (χ0v) is 20.6. The first-order valence-electron chi connectivity index (χ1n) is 12.0. The van der Waals surface area contributed by atoms with Gasteiger partial charge in [-0.3, -0.25) is 0 Å². The van der Waals surface area contributed by atoms with E-state index in [1.807, 2.05) is 30.5 Å². The maximum absolute atomic E-state index is 13.0. The van der Waals surface area contributed by atoms with Crippen molar-refractivity contribution in [3.63, 3.8) is 0 Å². The highest BCUT2D eigenvalue weighted by atomic mass is 19.4. The first kappa shape index (κ1) is 23.9. The van der Waals surface area contributed by atoms with Crippen LogP contribution in [-0.4, -0.2) is 41.2 Å². The minimum absolute atomic E-state index is 0.248. The monoisotopic (exact) mass is 520 g/mol. The number of benzene rings is 1. The van der Waals surface area contributed by atoms with Gasteiger partial charge < -0.3 is 14.6 Å². The highest BCUT2D eigenvalue weighted by molar-refractivity contribution is 5.73. The Bertz CT molecular complexity index is 1620. The van der Waals surface area contributed by atoms with Crippen LogP contribution < -0.4 is 10.1 Å². The fraction of sp³-hybridized carbons (Fsp3) is 0.269. The minimum Gasteiger partial charge on any atom is -0.480 e. The van der Waals surface area contributed by atoms with Crippen LogP contribution in [0.3, 0.4) is 0 Å². The fourth-order valence-electron chi connectivity index (χ4n) is 4.41. The summed E-state index contributed by atoms with van der Waals surface area (Å²) >= 11 is 0. The van der Waals surface area contributed by atoms with Crippen LogP contribution in [0.2, 0.25) is 0 Å². The van der Waals surface area contributed by atoms with E-state index in [9.17, 15) is 13.2 Å². The van der Waals surface area contributed by atoms with Crippen molar-refractivity contribution in [1.29, 1.82) is 0 Å². The van der Waals surface area contributed by atoms with Crippen molar-refractivity contribution in [2.45, 2.75) is 31.5 Å². The maximum atomic E-state index is 13.0. The Morgan fingerprint density at radius 2 is 1.87 bits per heavy atom. The van der Waals surface area contributed by atoms with E-state index in [0.717, 1.165) is 35.8 Å². The highest BCUT2D eigenvalue weighted by Crippen LogP contribution is 2.45. The molecule has 0 spiro atoms. The quantitative estimate of drug-likeness (QED) is 0.319. The lowest BCUT2D eigenvalue weighted by Crippen LogP contribution is -2.09. The van der Waals surface area contributed by atoms with Crippen LogP contribution in [0.15, 0.2) is 55.1 Å². The SMILES string of the molecule is COc1ncnc(C2CC2)c1-c1nc(NCc2ccc(-c3nc(C(F)(F)F)cn3C)cc2)c2cccn2n1. The number of anilines is 1. The van der Waals surface area contributed by atoms with Crippen LogP contribution in [0.5, 0.6) is 5.88 Å². The first-order valence-corrected chi connectivity index (χ1v) is 12.0. The molecule has 0 saturated heterocycles. The van der Waals surface area contributed by atoms with E-state index in [-0.39, 0.29) is 5.82 Å². The third-order valence-electron chi connectivity index (χ3n) is 6.45. The molecule has 4 aromatic heterocycles. The third-order valence-corrected chi connectivity index (χ3v) is 6.45. The van der Waals surface area contributed by atoms with Gasteiger partial charge in [-0.1, -0.05) is 24.3 Å². The summed E-state index contributed by atoms with van der Waals surface area (Å²) in [6.07, 6.45) is 1.95. The molecule has 38 heavy (non-hydrogen) atoms. The van der Waals surface area contributed by atoms with E-state index in [0.29, 0.717) is 41.1 Å². The number of rotatable bonds is 7. The molecule has 0 aliphatic heterocycles. The Kier molecular flexibility index (Phi) is 5.73. The second-order valence-corrected chi connectivity index (χ2v) is 9.15. The largest absolute Gasteiger partial charge is 0.480 e. The molecule has 0 amide bonds. The molecule has 1 saturated carbocycles. The lowest BCUT2D eigenvalue weighted by atomic mass is 10.1. The number of imidazole rings is 1. The van der Waals surface area contributed by atoms with Crippen LogP contribution in [0, 0.1) is 0 Å². The summed E-state index contributed by atoms with van der Waals surface area (Å²) in [6, 6.07) is 11.0. The van der Waals surface area contributed by atoms with Crippen LogP contribution in [0.4, 0.5) is 19.0 Å². The summed E-state index contributed by atoms with van der Waals surface area (Å²) in [4.78, 5) is 17.4. The Morgan fingerprint density at radius 3 is 2.55 bits per heavy atom. The summed E-state index contributed by atoms with van der Waals surface area (Å²) in [6.45, 7) is 0.434. The predicted octanol–water partition coefficient (Wildman–Crippen LogP) is 5.10. The molecule has 9 nitrogen and oxygen atoms in total. The number of halogens is 3. The maximum Gasteiger partial charge on any atom is 0.434 e. The molecule has 0 unspecified atom stereocenters. The van der Waals surface area contributed by atoms with E-state index >= 15 is 0 Å². The van der Waals surface area contributed by atoms with E-state index in [2.05, 4.69) is 25.4 Å². The van der Waals surface area contributed by atoms with Gasteiger partial charge in [-0.2, -0.15) is 13.2 Å². The number of alkyl halides is 3. The van der Waals surface area contributed by atoms with Gasteiger partial charge in [-0.15, -0.1) is 5.10 Å². The van der Waals surface area contributed by atoms with Crippen molar-refractivity contribution >= 4 is 11.3 Å². The molecule has 12 heteroatoms. The molecule has 1 aromatic carbocycles. The molecule has 4 heterocycles. The van der Waals surface area contributed by atoms with Gasteiger partial charge >= 0.3 is 6.18 Å². The number of fused-ring (bicyclic) bond motifs is 1. The van der Waals surface area contributed by atoms with Gasteiger partial charge in [0.25, 0.3) is 0 Å². The fourth-order valence-corrected chi connectivity index (χ4v) is 4.41. The van der Waals surface area contributed by atoms with Gasteiger partial charge in [0.1, 0.15) is 23.2 Å². The molecule has 1 N–H and O–H groups in total. The topological polar surface area (TPSA) is 95.0 Å². The zero-order chi connectivity index (χ0) is 26.4. The lowest BCUT2D eigenvalue weighted by Gasteiger charge is -2.13. The molecule has 194 valence electrons. The molecule has 6 rings (SSSR count). The van der Waals surface area contributed by atoms with Crippen LogP contribution in [0.1, 0.15) is 35.7 Å². The first-order chi connectivity index (χ1) is 18.3.